The van der Waals surface area contributed by atoms with Crippen LogP contribution in [0.15, 0.2) is 24.4 Å². The summed E-state index contributed by atoms with van der Waals surface area (Å²) < 4.78 is 19.3. The second-order valence-electron chi connectivity index (χ2n) is 2.36. The topological polar surface area (TPSA) is 26.5 Å². The van der Waals surface area contributed by atoms with Crippen LogP contribution >= 0.6 is 0 Å². The number of ether oxygens (including phenoxy) is 1. The Labute approximate surface area is 68.4 Å². The van der Waals surface area contributed by atoms with Gasteiger partial charge in [0, 0.05) is 0 Å². The third kappa shape index (κ3) is 0.845. The molecule has 2 heterocycles. The van der Waals surface area contributed by atoms with E-state index in [0.29, 0.717) is 0 Å². The van der Waals surface area contributed by atoms with Crippen LogP contribution in [0.1, 0.15) is 0 Å². The van der Waals surface area contributed by atoms with Gasteiger partial charge in [0.1, 0.15) is 0 Å². The van der Waals surface area contributed by atoms with Crippen LogP contribution in [0, 0.1) is 5.82 Å². The number of aromatic nitrogens is 2. The summed E-state index contributed by atoms with van der Waals surface area (Å²) in [5.74, 6) is -0.272. The molecule has 0 atom stereocenters. The molecule has 0 aliphatic carbocycles. The molecule has 4 heteroatoms. The van der Waals surface area contributed by atoms with Crippen molar-refractivity contribution in [1.82, 2.24) is 9.61 Å². The molecule has 0 unspecified atom stereocenters. The lowest BCUT2D eigenvalue weighted by molar-refractivity contribution is 0.357. The Hall–Kier alpha value is -1.58. The van der Waals surface area contributed by atoms with E-state index in [4.69, 9.17) is 4.74 Å². The SMILES string of the molecule is COc1c(F)ccc2ccnn12. The molecular formula is C8H7FN2O. The maximum atomic E-state index is 13.0. The number of rotatable bonds is 1. The summed E-state index contributed by atoms with van der Waals surface area (Å²) in [7, 11) is 1.42. The van der Waals surface area contributed by atoms with Gasteiger partial charge in [-0.15, -0.1) is 0 Å². The molecule has 0 N–H and O–H groups in total. The lowest BCUT2D eigenvalue weighted by Crippen LogP contribution is -1.98. The summed E-state index contributed by atoms with van der Waals surface area (Å²) in [4.78, 5) is 0. The fourth-order valence-electron chi connectivity index (χ4n) is 1.12. The van der Waals surface area contributed by atoms with Crippen molar-refractivity contribution in [2.75, 3.05) is 7.11 Å². The first kappa shape index (κ1) is 7.09. The van der Waals surface area contributed by atoms with Gasteiger partial charge in [-0.25, -0.2) is 4.39 Å². The summed E-state index contributed by atoms with van der Waals surface area (Å²) in [5.41, 5.74) is 0.813. The number of hydrogen-bond acceptors (Lipinski definition) is 2. The van der Waals surface area contributed by atoms with Gasteiger partial charge in [-0.1, -0.05) is 0 Å². The molecule has 0 aliphatic heterocycles. The van der Waals surface area contributed by atoms with E-state index in [2.05, 4.69) is 5.10 Å². The summed E-state index contributed by atoms with van der Waals surface area (Å²) in [6.45, 7) is 0. The summed E-state index contributed by atoms with van der Waals surface area (Å²) in [6, 6.07) is 4.78. The van der Waals surface area contributed by atoms with E-state index >= 15 is 0 Å². The zero-order valence-electron chi connectivity index (χ0n) is 6.49. The Balaban J connectivity index is 2.83. The van der Waals surface area contributed by atoms with Crippen LogP contribution in [0.25, 0.3) is 5.52 Å². The first-order chi connectivity index (χ1) is 5.83. The molecule has 0 saturated carbocycles. The van der Waals surface area contributed by atoms with Gasteiger partial charge in [0.05, 0.1) is 18.8 Å². The number of halogens is 1. The van der Waals surface area contributed by atoms with Gasteiger partial charge >= 0.3 is 0 Å². The lowest BCUT2D eigenvalue weighted by Gasteiger charge is -2.02. The van der Waals surface area contributed by atoms with Gasteiger partial charge in [-0.3, -0.25) is 0 Å². The predicted octanol–water partition coefficient (Wildman–Crippen LogP) is 1.48. The van der Waals surface area contributed by atoms with Gasteiger partial charge in [0.25, 0.3) is 5.88 Å². The molecule has 0 amide bonds. The van der Waals surface area contributed by atoms with E-state index < -0.39 is 5.82 Å². The Kier molecular flexibility index (Phi) is 1.46. The molecule has 0 spiro atoms. The largest absolute Gasteiger partial charge is 0.479 e. The van der Waals surface area contributed by atoms with Gasteiger partial charge in [0.2, 0.25) is 0 Å². The maximum Gasteiger partial charge on any atom is 0.251 e. The van der Waals surface area contributed by atoms with Crippen LogP contribution < -0.4 is 4.74 Å². The van der Waals surface area contributed by atoms with Crippen molar-refractivity contribution < 1.29 is 9.13 Å². The van der Waals surface area contributed by atoms with Crippen molar-refractivity contribution in [2.45, 2.75) is 0 Å². The molecule has 0 aliphatic rings. The average molecular weight is 166 g/mol. The molecule has 0 aromatic carbocycles. The lowest BCUT2D eigenvalue weighted by atomic mass is 10.4. The van der Waals surface area contributed by atoms with Crippen molar-refractivity contribution in [1.29, 1.82) is 0 Å². The van der Waals surface area contributed by atoms with Crippen molar-refractivity contribution in [3.63, 3.8) is 0 Å². The van der Waals surface area contributed by atoms with Crippen molar-refractivity contribution in [2.24, 2.45) is 0 Å². The minimum atomic E-state index is -0.409. The molecule has 12 heavy (non-hydrogen) atoms. The van der Waals surface area contributed by atoms with Gasteiger partial charge < -0.3 is 4.74 Å². The van der Waals surface area contributed by atoms with Crippen LogP contribution in [0.5, 0.6) is 5.88 Å². The van der Waals surface area contributed by atoms with Crippen molar-refractivity contribution in [3.05, 3.63) is 30.2 Å². The van der Waals surface area contributed by atoms with E-state index in [0.717, 1.165) is 5.52 Å². The van der Waals surface area contributed by atoms with Crippen LogP contribution in [0.3, 0.4) is 0 Å². The molecule has 0 radical (unpaired) electrons. The van der Waals surface area contributed by atoms with E-state index in [1.54, 1.807) is 18.3 Å². The summed E-state index contributed by atoms with van der Waals surface area (Å²) >= 11 is 0. The maximum absolute atomic E-state index is 13.0. The molecule has 3 nitrogen and oxygen atoms in total. The predicted molar refractivity (Wildman–Crippen MR) is 41.7 cm³/mol. The first-order valence-corrected chi connectivity index (χ1v) is 3.49. The molecule has 0 fully saturated rings. The van der Waals surface area contributed by atoms with Crippen LogP contribution in [0.4, 0.5) is 4.39 Å². The van der Waals surface area contributed by atoms with E-state index in [-0.39, 0.29) is 5.88 Å². The monoisotopic (exact) mass is 166 g/mol. The molecule has 0 saturated heterocycles. The molecule has 0 bridgehead atoms. The molecule has 2 rings (SSSR count). The second-order valence-corrected chi connectivity index (χ2v) is 2.36. The molecule has 2 aromatic heterocycles. The third-order valence-corrected chi connectivity index (χ3v) is 1.66. The fraction of sp³-hybridized carbons (Fsp3) is 0.125. The number of nitrogens with zero attached hydrogens (tertiary/aromatic N) is 2. The molecule has 62 valence electrons. The van der Waals surface area contributed by atoms with Crippen molar-refractivity contribution in [3.8, 4) is 5.88 Å². The van der Waals surface area contributed by atoms with Gasteiger partial charge in [-0.05, 0) is 18.2 Å². The molecule has 2 aromatic rings. The first-order valence-electron chi connectivity index (χ1n) is 3.49. The number of pyridine rings is 1. The summed E-state index contributed by atoms with van der Waals surface area (Å²) in [6.07, 6.45) is 1.59. The Bertz CT molecular complexity index is 410. The number of fused-ring (bicyclic) bond motifs is 1. The number of methoxy groups -OCH3 is 1. The summed E-state index contributed by atoms with van der Waals surface area (Å²) in [5, 5.41) is 3.90. The average Bonchev–Trinajstić information content (AvgIpc) is 2.52. The second kappa shape index (κ2) is 2.48. The normalized spacial score (nSPS) is 10.5. The van der Waals surface area contributed by atoms with Gasteiger partial charge in [0.15, 0.2) is 5.82 Å². The Morgan fingerprint density at radius 1 is 1.42 bits per heavy atom. The highest BCUT2D eigenvalue weighted by Crippen LogP contribution is 2.17. The highest BCUT2D eigenvalue weighted by atomic mass is 19.1. The Morgan fingerprint density at radius 3 is 3.00 bits per heavy atom. The van der Waals surface area contributed by atoms with Crippen LogP contribution in [0.2, 0.25) is 0 Å². The quantitative estimate of drug-likeness (QED) is 0.641. The Morgan fingerprint density at radius 2 is 2.25 bits per heavy atom. The number of hydrogen-bond donors (Lipinski definition) is 0. The zero-order chi connectivity index (χ0) is 8.55. The minimum absolute atomic E-state index is 0.137. The van der Waals surface area contributed by atoms with E-state index in [1.165, 1.54) is 17.7 Å². The van der Waals surface area contributed by atoms with E-state index in [1.807, 2.05) is 0 Å². The van der Waals surface area contributed by atoms with E-state index in [9.17, 15) is 4.39 Å². The standard InChI is InChI=1S/C8H7FN2O/c1-12-8-7(9)3-2-6-4-5-10-11(6)8/h2-5H,1H3. The molecular weight excluding hydrogens is 159 g/mol. The third-order valence-electron chi connectivity index (χ3n) is 1.66. The smallest absolute Gasteiger partial charge is 0.251 e. The van der Waals surface area contributed by atoms with Crippen LogP contribution in [-0.2, 0) is 0 Å². The highest BCUT2D eigenvalue weighted by Gasteiger charge is 2.06. The zero-order valence-corrected chi connectivity index (χ0v) is 6.49. The minimum Gasteiger partial charge on any atom is -0.479 e. The van der Waals surface area contributed by atoms with Crippen LogP contribution in [-0.4, -0.2) is 16.7 Å². The fourth-order valence-corrected chi connectivity index (χ4v) is 1.12. The van der Waals surface area contributed by atoms with Crippen molar-refractivity contribution >= 4 is 5.52 Å². The van der Waals surface area contributed by atoms with Gasteiger partial charge in [-0.2, -0.15) is 9.61 Å². The highest BCUT2D eigenvalue weighted by molar-refractivity contribution is 5.47.